The molecule has 0 fully saturated rings. The first-order chi connectivity index (χ1) is 26.5. The van der Waals surface area contributed by atoms with Crippen molar-refractivity contribution in [3.63, 3.8) is 0 Å². The molecular weight excluding hydrogens is 673 g/mol. The van der Waals surface area contributed by atoms with Crippen molar-refractivity contribution < 1.29 is 0 Å². The lowest BCUT2D eigenvalue weighted by Crippen LogP contribution is -2.17. The second kappa shape index (κ2) is 11.8. The van der Waals surface area contributed by atoms with Crippen LogP contribution in [0.4, 0.5) is 0 Å². The van der Waals surface area contributed by atoms with Crippen molar-refractivity contribution >= 4 is 53.1 Å². The lowest BCUT2D eigenvalue weighted by Gasteiger charge is -2.26. The van der Waals surface area contributed by atoms with E-state index in [0.29, 0.717) is 0 Å². The smallest absolute Gasteiger partial charge is 0.160 e. The van der Waals surface area contributed by atoms with Crippen LogP contribution in [0.2, 0.25) is 0 Å². The number of benzene rings is 8. The molecule has 8 aromatic carbocycles. The Hall–Kier alpha value is -6.42. The number of rotatable bonds is 4. The van der Waals surface area contributed by atoms with E-state index in [-0.39, 0.29) is 5.41 Å². The Bertz CT molecular complexity index is 3130. The molecule has 3 heteroatoms. The van der Waals surface area contributed by atoms with Gasteiger partial charge in [0.1, 0.15) is 0 Å². The predicted molar refractivity (Wildman–Crippen MR) is 229 cm³/mol. The van der Waals surface area contributed by atoms with Gasteiger partial charge < -0.3 is 0 Å². The molecule has 1 aliphatic carbocycles. The Labute approximate surface area is 318 Å². The Morgan fingerprint density at radius 2 is 0.963 bits per heavy atom. The van der Waals surface area contributed by atoms with Gasteiger partial charge in [-0.2, -0.15) is 0 Å². The van der Waals surface area contributed by atoms with E-state index < -0.39 is 0 Å². The Kier molecular flexibility index (Phi) is 6.80. The van der Waals surface area contributed by atoms with Crippen molar-refractivity contribution in [2.75, 3.05) is 0 Å². The monoisotopic (exact) mass is 706 g/mol. The summed E-state index contributed by atoms with van der Waals surface area (Å²) in [6.45, 7) is 4.80. The van der Waals surface area contributed by atoms with Gasteiger partial charge in [-0.05, 0) is 67.1 Å². The number of thiophene rings is 1. The third-order valence-corrected chi connectivity index (χ3v) is 12.7. The molecule has 10 aromatic rings. The minimum Gasteiger partial charge on any atom is -0.228 e. The third kappa shape index (κ3) is 4.58. The van der Waals surface area contributed by atoms with Crippen LogP contribution in [0, 0.1) is 0 Å². The average Bonchev–Trinajstić information content (AvgIpc) is 3.73. The molecule has 2 heterocycles. The van der Waals surface area contributed by atoms with Gasteiger partial charge in [-0.1, -0.05) is 172 Å². The first kappa shape index (κ1) is 31.1. The summed E-state index contributed by atoms with van der Waals surface area (Å²) in [5.41, 5.74) is 12.9. The zero-order valence-electron chi connectivity index (χ0n) is 30.0. The van der Waals surface area contributed by atoms with Gasteiger partial charge in [0, 0.05) is 42.3 Å². The highest BCUT2D eigenvalue weighted by atomic mass is 32.1. The van der Waals surface area contributed by atoms with E-state index in [4.69, 9.17) is 9.97 Å². The largest absolute Gasteiger partial charge is 0.228 e. The van der Waals surface area contributed by atoms with Crippen LogP contribution in [0.3, 0.4) is 0 Å². The predicted octanol–water partition coefficient (Wildman–Crippen LogP) is 14.1. The number of nitrogens with zero attached hydrogens (tertiary/aromatic N) is 2. The van der Waals surface area contributed by atoms with Crippen molar-refractivity contribution in [1.82, 2.24) is 9.97 Å². The molecule has 0 spiro atoms. The van der Waals surface area contributed by atoms with E-state index in [2.05, 4.69) is 178 Å². The summed E-state index contributed by atoms with van der Waals surface area (Å²) in [7, 11) is 0. The Morgan fingerprint density at radius 1 is 0.407 bits per heavy atom. The van der Waals surface area contributed by atoms with Crippen molar-refractivity contribution in [3.8, 4) is 56.2 Å². The van der Waals surface area contributed by atoms with Crippen LogP contribution >= 0.6 is 11.3 Å². The van der Waals surface area contributed by atoms with Crippen LogP contribution in [0.1, 0.15) is 25.0 Å². The van der Waals surface area contributed by atoms with E-state index in [0.717, 1.165) is 33.9 Å². The van der Waals surface area contributed by atoms with Crippen LogP contribution in [0.15, 0.2) is 170 Å². The lowest BCUT2D eigenvalue weighted by atomic mass is 9.77. The second-order valence-electron chi connectivity index (χ2n) is 14.9. The van der Waals surface area contributed by atoms with Crippen molar-refractivity contribution in [3.05, 3.63) is 181 Å². The highest BCUT2D eigenvalue weighted by molar-refractivity contribution is 7.26. The molecule has 2 aromatic heterocycles. The lowest BCUT2D eigenvalue weighted by molar-refractivity contribution is 0.668. The fraction of sp³-hybridized carbons (Fsp3) is 0.0588. The molecule has 0 bridgehead atoms. The van der Waals surface area contributed by atoms with E-state index in [9.17, 15) is 0 Å². The van der Waals surface area contributed by atoms with E-state index >= 15 is 0 Å². The first-order valence-electron chi connectivity index (χ1n) is 18.6. The molecule has 0 atom stereocenters. The molecule has 0 unspecified atom stereocenters. The minimum atomic E-state index is -0.179. The third-order valence-electron chi connectivity index (χ3n) is 11.5. The van der Waals surface area contributed by atoms with Gasteiger partial charge in [-0.3, -0.25) is 0 Å². The van der Waals surface area contributed by atoms with Crippen molar-refractivity contribution in [2.45, 2.75) is 19.3 Å². The maximum atomic E-state index is 5.30. The van der Waals surface area contributed by atoms with Crippen LogP contribution < -0.4 is 0 Å². The topological polar surface area (TPSA) is 25.8 Å². The summed E-state index contributed by atoms with van der Waals surface area (Å²) in [4.78, 5) is 10.6. The maximum Gasteiger partial charge on any atom is 0.160 e. The van der Waals surface area contributed by atoms with Crippen LogP contribution in [0.5, 0.6) is 0 Å². The SMILES string of the molecule is CC1(C)c2c(cccc2-c2ccc(-c3cc(-c4cccc5c4sc4ccccc45)nc(-c4ccccc4)n3)c3ccccc23)-c2ccc3ccccc3c21. The summed E-state index contributed by atoms with van der Waals surface area (Å²) in [6.07, 6.45) is 0. The molecule has 54 heavy (non-hydrogen) atoms. The number of hydrogen-bond donors (Lipinski definition) is 0. The molecule has 0 aliphatic heterocycles. The van der Waals surface area contributed by atoms with Gasteiger partial charge in [-0.25, -0.2) is 9.97 Å². The minimum absolute atomic E-state index is 0.179. The average molecular weight is 707 g/mol. The molecule has 2 nitrogen and oxygen atoms in total. The molecule has 254 valence electrons. The highest BCUT2D eigenvalue weighted by Gasteiger charge is 2.39. The van der Waals surface area contributed by atoms with Crippen molar-refractivity contribution in [2.24, 2.45) is 0 Å². The van der Waals surface area contributed by atoms with Crippen LogP contribution in [-0.4, -0.2) is 9.97 Å². The fourth-order valence-corrected chi connectivity index (χ4v) is 10.3. The van der Waals surface area contributed by atoms with Gasteiger partial charge >= 0.3 is 0 Å². The van der Waals surface area contributed by atoms with E-state index in [1.807, 2.05) is 17.4 Å². The van der Waals surface area contributed by atoms with Crippen LogP contribution in [-0.2, 0) is 5.41 Å². The summed E-state index contributed by atoms with van der Waals surface area (Å²) >= 11 is 1.83. The maximum absolute atomic E-state index is 5.30. The molecule has 0 N–H and O–H groups in total. The molecule has 0 saturated carbocycles. The number of aromatic nitrogens is 2. The first-order valence-corrected chi connectivity index (χ1v) is 19.4. The van der Waals surface area contributed by atoms with Crippen molar-refractivity contribution in [1.29, 1.82) is 0 Å². The number of fused-ring (bicyclic) bond motifs is 9. The fourth-order valence-electron chi connectivity index (χ4n) is 9.11. The molecule has 1 aliphatic rings. The summed E-state index contributed by atoms with van der Waals surface area (Å²) < 4.78 is 2.53. The number of hydrogen-bond acceptors (Lipinski definition) is 3. The molecular formula is C51H34N2S. The standard InChI is InChI=1S/C51H34N2S/c1-51(2)47-33-17-7-6-14-31(33)26-27-41(47)40-22-12-21-39(48(40)51)36-28-29-37(35-19-9-8-18-34(35)36)44-30-45(53-50(52-44)32-15-4-3-5-16-32)43-24-13-23-42-38-20-10-11-25-46(38)54-49(42)43/h3-30H,1-2H3. The van der Waals surface area contributed by atoms with Gasteiger partial charge in [-0.15, -0.1) is 11.3 Å². The summed E-state index contributed by atoms with van der Waals surface area (Å²) in [5, 5.41) is 7.56. The zero-order valence-corrected chi connectivity index (χ0v) is 30.8. The molecule has 0 amide bonds. The van der Waals surface area contributed by atoms with Gasteiger partial charge in [0.05, 0.1) is 11.4 Å². The quantitative estimate of drug-likeness (QED) is 0.182. The molecule has 11 rings (SSSR count). The molecule has 0 radical (unpaired) electrons. The molecule has 0 saturated heterocycles. The zero-order chi connectivity index (χ0) is 36.0. The normalized spacial score (nSPS) is 13.1. The summed E-state index contributed by atoms with van der Waals surface area (Å²) in [5.74, 6) is 0.724. The van der Waals surface area contributed by atoms with Gasteiger partial charge in [0.2, 0.25) is 0 Å². The van der Waals surface area contributed by atoms with Gasteiger partial charge in [0.25, 0.3) is 0 Å². The second-order valence-corrected chi connectivity index (χ2v) is 15.9. The van der Waals surface area contributed by atoms with E-state index in [1.165, 1.54) is 75.1 Å². The summed E-state index contributed by atoms with van der Waals surface area (Å²) in [6, 6.07) is 61.5. The Morgan fingerprint density at radius 3 is 1.78 bits per heavy atom. The highest BCUT2D eigenvalue weighted by Crippen LogP contribution is 2.55. The van der Waals surface area contributed by atoms with Crippen LogP contribution in [0.25, 0.3) is 97.9 Å². The Balaban J connectivity index is 1.13. The van der Waals surface area contributed by atoms with E-state index in [1.54, 1.807) is 0 Å². The van der Waals surface area contributed by atoms with Gasteiger partial charge in [0.15, 0.2) is 5.82 Å².